The highest BCUT2D eigenvalue weighted by atomic mass is 19.4. The van der Waals surface area contributed by atoms with E-state index in [2.05, 4.69) is 0 Å². The fourth-order valence-electron chi connectivity index (χ4n) is 6.83. The molecule has 0 atom stereocenters. The average molecular weight is 639 g/mol. The second kappa shape index (κ2) is 10.8. The first-order chi connectivity index (χ1) is 22.4. The molecule has 0 unspecified atom stereocenters. The van der Waals surface area contributed by atoms with Crippen LogP contribution in [0, 0.1) is 0 Å². The molecular weight excluding hydrogens is 614 g/mol. The van der Waals surface area contributed by atoms with Crippen LogP contribution in [0.15, 0.2) is 133 Å². The summed E-state index contributed by atoms with van der Waals surface area (Å²) in [6, 6.07) is 34.2. The topological polar surface area (TPSA) is 40.5 Å². The Labute approximate surface area is 265 Å². The number of hydrogen-bond donors (Lipinski definition) is 2. The number of aromatic hydroxyl groups is 2. The van der Waals surface area contributed by atoms with Crippen molar-refractivity contribution in [1.29, 1.82) is 0 Å². The molecule has 0 amide bonds. The third-order valence-electron chi connectivity index (χ3n) is 8.81. The van der Waals surface area contributed by atoms with Crippen LogP contribution in [0.1, 0.15) is 33.4 Å². The van der Waals surface area contributed by atoms with E-state index < -0.39 is 28.9 Å². The number of phenolic OH excluding ortho intramolecular Hbond substituents is 2. The van der Waals surface area contributed by atoms with Crippen molar-refractivity contribution < 1.29 is 36.6 Å². The molecule has 0 bridgehead atoms. The third-order valence-corrected chi connectivity index (χ3v) is 8.81. The highest BCUT2D eigenvalue weighted by Gasteiger charge is 2.48. The van der Waals surface area contributed by atoms with Gasteiger partial charge in [-0.3, -0.25) is 0 Å². The standard InChI is InChI=1S/C39H24F6O2/c40-38(41,42)25-13-9-23(10-14-25)31-21-27(46)17-19-35(31)37(33-7-3-1-5-29(33)30-6-2-4-8-34(30)37)36-20-18-28(47)22-32(36)24-11-15-26(16-12-24)39(43,44)45/h1-22,46-47H. The fraction of sp³-hybridized carbons (Fsp3) is 0.0769. The predicted octanol–water partition coefficient (Wildman–Crippen LogP) is 10.8. The molecule has 0 spiro atoms. The molecular formula is C39H24F6O2. The zero-order valence-electron chi connectivity index (χ0n) is 24.4. The quantitative estimate of drug-likeness (QED) is 0.188. The summed E-state index contributed by atoms with van der Waals surface area (Å²) in [6.45, 7) is 0. The number of alkyl halides is 6. The summed E-state index contributed by atoms with van der Waals surface area (Å²) in [6.07, 6.45) is -9.10. The molecule has 0 radical (unpaired) electrons. The van der Waals surface area contributed by atoms with Gasteiger partial charge in [0.25, 0.3) is 0 Å². The van der Waals surface area contributed by atoms with E-state index in [9.17, 15) is 36.6 Å². The molecule has 47 heavy (non-hydrogen) atoms. The van der Waals surface area contributed by atoms with Crippen molar-refractivity contribution in [1.82, 2.24) is 0 Å². The Morgan fingerprint density at radius 3 is 1.09 bits per heavy atom. The normalized spacial score (nSPS) is 13.7. The Kier molecular flexibility index (Phi) is 6.93. The highest BCUT2D eigenvalue weighted by Crippen LogP contribution is 2.59. The number of rotatable bonds is 4. The second-order valence-corrected chi connectivity index (χ2v) is 11.5. The molecule has 2 nitrogen and oxygen atoms in total. The van der Waals surface area contributed by atoms with Gasteiger partial charge in [-0.05, 0) is 104 Å². The van der Waals surface area contributed by atoms with Gasteiger partial charge in [0.15, 0.2) is 0 Å². The predicted molar refractivity (Wildman–Crippen MR) is 168 cm³/mol. The summed E-state index contributed by atoms with van der Waals surface area (Å²) in [4.78, 5) is 0. The largest absolute Gasteiger partial charge is 0.508 e. The zero-order valence-corrected chi connectivity index (χ0v) is 24.4. The summed E-state index contributed by atoms with van der Waals surface area (Å²) < 4.78 is 81.2. The molecule has 6 aromatic rings. The van der Waals surface area contributed by atoms with Crippen LogP contribution in [0.5, 0.6) is 11.5 Å². The van der Waals surface area contributed by atoms with Crippen LogP contribution in [-0.2, 0) is 17.8 Å². The number of hydrogen-bond acceptors (Lipinski definition) is 2. The molecule has 2 N–H and O–H groups in total. The maximum atomic E-state index is 13.5. The van der Waals surface area contributed by atoms with Crippen LogP contribution < -0.4 is 0 Å². The van der Waals surface area contributed by atoms with E-state index in [1.807, 2.05) is 48.5 Å². The lowest BCUT2D eigenvalue weighted by atomic mass is 9.64. The lowest BCUT2D eigenvalue weighted by Crippen LogP contribution is -2.30. The smallest absolute Gasteiger partial charge is 0.416 e. The minimum absolute atomic E-state index is 0.105. The molecule has 0 aromatic heterocycles. The Hall–Kier alpha value is -5.50. The first kappa shape index (κ1) is 30.2. The summed E-state index contributed by atoms with van der Waals surface area (Å²) >= 11 is 0. The van der Waals surface area contributed by atoms with Gasteiger partial charge in [-0.25, -0.2) is 0 Å². The van der Waals surface area contributed by atoms with Crippen molar-refractivity contribution >= 4 is 0 Å². The van der Waals surface area contributed by atoms with Crippen molar-refractivity contribution in [2.45, 2.75) is 17.8 Å². The van der Waals surface area contributed by atoms with Crippen LogP contribution in [-0.4, -0.2) is 10.2 Å². The molecule has 0 aliphatic heterocycles. The van der Waals surface area contributed by atoms with Crippen molar-refractivity contribution in [3.05, 3.63) is 167 Å². The Balaban J connectivity index is 1.60. The van der Waals surface area contributed by atoms with Crippen LogP contribution in [0.25, 0.3) is 33.4 Å². The summed E-state index contributed by atoms with van der Waals surface area (Å²) in [5.74, 6) is -0.209. The average Bonchev–Trinajstić information content (AvgIpc) is 3.35. The number of halogens is 6. The summed E-state index contributed by atoms with van der Waals surface area (Å²) in [7, 11) is 0. The van der Waals surface area contributed by atoms with E-state index in [1.54, 1.807) is 12.1 Å². The Bertz CT molecular complexity index is 1970. The zero-order chi connectivity index (χ0) is 33.1. The minimum atomic E-state index is -4.55. The van der Waals surface area contributed by atoms with E-state index in [0.29, 0.717) is 33.4 Å². The molecule has 234 valence electrons. The fourth-order valence-corrected chi connectivity index (χ4v) is 6.83. The maximum absolute atomic E-state index is 13.5. The first-order valence-electron chi connectivity index (χ1n) is 14.6. The number of phenols is 2. The molecule has 6 aromatic carbocycles. The molecule has 0 saturated heterocycles. The maximum Gasteiger partial charge on any atom is 0.416 e. The minimum Gasteiger partial charge on any atom is -0.508 e. The van der Waals surface area contributed by atoms with Crippen molar-refractivity contribution in [3.63, 3.8) is 0 Å². The van der Waals surface area contributed by atoms with E-state index >= 15 is 0 Å². The van der Waals surface area contributed by atoms with E-state index in [1.165, 1.54) is 48.5 Å². The van der Waals surface area contributed by atoms with Gasteiger partial charge in [0.1, 0.15) is 11.5 Å². The van der Waals surface area contributed by atoms with Gasteiger partial charge in [0, 0.05) is 0 Å². The van der Waals surface area contributed by atoms with Crippen LogP contribution in [0.3, 0.4) is 0 Å². The highest BCUT2D eigenvalue weighted by molar-refractivity contribution is 5.91. The molecule has 1 aliphatic carbocycles. The lowest BCUT2D eigenvalue weighted by molar-refractivity contribution is -0.138. The second-order valence-electron chi connectivity index (χ2n) is 11.5. The van der Waals surface area contributed by atoms with Gasteiger partial charge < -0.3 is 10.2 Å². The number of fused-ring (bicyclic) bond motifs is 3. The van der Waals surface area contributed by atoms with Crippen LogP contribution in [0.2, 0.25) is 0 Å². The number of benzene rings is 6. The van der Waals surface area contributed by atoms with Gasteiger partial charge in [0.2, 0.25) is 0 Å². The van der Waals surface area contributed by atoms with Crippen molar-refractivity contribution in [3.8, 4) is 44.9 Å². The van der Waals surface area contributed by atoms with E-state index in [-0.39, 0.29) is 11.5 Å². The summed E-state index contributed by atoms with van der Waals surface area (Å²) in [5.41, 5.74) is 3.56. The Morgan fingerprint density at radius 2 is 0.723 bits per heavy atom. The van der Waals surface area contributed by atoms with E-state index in [4.69, 9.17) is 0 Å². The van der Waals surface area contributed by atoms with Gasteiger partial charge >= 0.3 is 12.4 Å². The van der Waals surface area contributed by atoms with Gasteiger partial charge in [-0.2, -0.15) is 26.3 Å². The molecule has 8 heteroatoms. The lowest BCUT2D eigenvalue weighted by Gasteiger charge is -2.37. The van der Waals surface area contributed by atoms with Gasteiger partial charge in [0.05, 0.1) is 16.5 Å². The van der Waals surface area contributed by atoms with Gasteiger partial charge in [-0.15, -0.1) is 0 Å². The molecule has 7 rings (SSSR count). The third kappa shape index (κ3) is 4.92. The SMILES string of the molecule is Oc1ccc(C2(c3ccc(O)cc3-c3ccc(C(F)(F)F)cc3)c3ccccc3-c3ccccc32)c(-c2ccc(C(F)(F)F)cc2)c1. The summed E-state index contributed by atoms with van der Waals surface area (Å²) in [5, 5.41) is 21.5. The molecule has 0 fully saturated rings. The van der Waals surface area contributed by atoms with E-state index in [0.717, 1.165) is 46.5 Å². The van der Waals surface area contributed by atoms with Crippen LogP contribution >= 0.6 is 0 Å². The monoisotopic (exact) mass is 638 g/mol. The van der Waals surface area contributed by atoms with Crippen molar-refractivity contribution in [2.75, 3.05) is 0 Å². The van der Waals surface area contributed by atoms with Crippen molar-refractivity contribution in [2.24, 2.45) is 0 Å². The Morgan fingerprint density at radius 1 is 0.383 bits per heavy atom. The first-order valence-corrected chi connectivity index (χ1v) is 14.6. The molecule has 0 heterocycles. The van der Waals surface area contributed by atoms with Crippen LogP contribution in [0.4, 0.5) is 26.3 Å². The van der Waals surface area contributed by atoms with Gasteiger partial charge in [-0.1, -0.05) is 84.9 Å². The molecule has 0 saturated carbocycles. The molecule has 1 aliphatic rings.